The summed E-state index contributed by atoms with van der Waals surface area (Å²) in [6.45, 7) is 2.97. The lowest BCUT2D eigenvalue weighted by molar-refractivity contribution is 0.0699. The second-order valence-corrected chi connectivity index (χ2v) is 8.95. The van der Waals surface area contributed by atoms with Crippen LogP contribution in [0, 0.1) is 6.92 Å². The van der Waals surface area contributed by atoms with Crippen LogP contribution in [0.3, 0.4) is 0 Å². The van der Waals surface area contributed by atoms with Crippen LogP contribution in [0.4, 0.5) is 0 Å². The van der Waals surface area contributed by atoms with Crippen LogP contribution in [-0.2, 0) is 10.0 Å². The summed E-state index contributed by atoms with van der Waals surface area (Å²) < 4.78 is 27.1. The summed E-state index contributed by atoms with van der Waals surface area (Å²) in [5, 5.41) is 10.0. The predicted molar refractivity (Wildman–Crippen MR) is 107 cm³/mol. The summed E-state index contributed by atoms with van der Waals surface area (Å²) in [6.07, 6.45) is 1.68. The summed E-state index contributed by atoms with van der Waals surface area (Å²) in [5.74, 6) is -1.11. The molecule has 28 heavy (non-hydrogen) atoms. The molecule has 7 heteroatoms. The molecule has 1 aliphatic rings. The van der Waals surface area contributed by atoms with E-state index in [1.807, 2.05) is 31.2 Å². The Morgan fingerprint density at radius 3 is 2.36 bits per heavy atom. The van der Waals surface area contributed by atoms with E-state index in [0.717, 1.165) is 24.0 Å². The summed E-state index contributed by atoms with van der Waals surface area (Å²) >= 11 is 0. The van der Waals surface area contributed by atoms with Gasteiger partial charge in [0.2, 0.25) is 10.0 Å². The second-order valence-electron chi connectivity index (χ2n) is 7.02. The lowest BCUT2D eigenvalue weighted by Crippen LogP contribution is -2.27. The molecule has 1 fully saturated rings. The Bertz CT molecular complexity index is 1160. The molecule has 2 heterocycles. The fraction of sp³-hybridized carbons (Fsp3) is 0.238. The number of hydrogen-bond donors (Lipinski definition) is 1. The third kappa shape index (κ3) is 3.27. The molecule has 4 rings (SSSR count). The number of pyridine rings is 1. The van der Waals surface area contributed by atoms with Gasteiger partial charge < -0.3 is 5.11 Å². The van der Waals surface area contributed by atoms with Crippen LogP contribution in [0.5, 0.6) is 0 Å². The van der Waals surface area contributed by atoms with Crippen molar-refractivity contribution in [3.63, 3.8) is 0 Å². The Morgan fingerprint density at radius 2 is 1.71 bits per heavy atom. The Labute approximate surface area is 163 Å². The molecule has 1 saturated heterocycles. The molecule has 0 atom stereocenters. The van der Waals surface area contributed by atoms with Gasteiger partial charge in [0.1, 0.15) is 0 Å². The van der Waals surface area contributed by atoms with Crippen molar-refractivity contribution >= 4 is 26.9 Å². The predicted octanol–water partition coefficient (Wildman–Crippen LogP) is 3.69. The fourth-order valence-electron chi connectivity index (χ4n) is 3.49. The Morgan fingerprint density at radius 1 is 1.04 bits per heavy atom. The summed E-state index contributed by atoms with van der Waals surface area (Å²) in [4.78, 5) is 16.6. The minimum absolute atomic E-state index is 0.0408. The number of aromatic carboxylic acids is 1. The van der Waals surface area contributed by atoms with Crippen molar-refractivity contribution in [2.75, 3.05) is 13.1 Å². The number of aryl methyl sites for hydroxylation is 1. The van der Waals surface area contributed by atoms with Crippen molar-refractivity contribution in [3.8, 4) is 11.3 Å². The molecule has 2 aromatic carbocycles. The zero-order valence-electron chi connectivity index (χ0n) is 15.4. The van der Waals surface area contributed by atoms with Crippen LogP contribution < -0.4 is 0 Å². The van der Waals surface area contributed by atoms with Crippen molar-refractivity contribution in [1.29, 1.82) is 0 Å². The average Bonchev–Trinajstić information content (AvgIpc) is 3.23. The zero-order chi connectivity index (χ0) is 19.9. The minimum atomic E-state index is -3.63. The number of carboxylic acid groups (broad SMARTS) is 1. The van der Waals surface area contributed by atoms with Crippen molar-refractivity contribution < 1.29 is 18.3 Å². The van der Waals surface area contributed by atoms with E-state index in [-0.39, 0.29) is 10.5 Å². The van der Waals surface area contributed by atoms with Gasteiger partial charge in [0.25, 0.3) is 0 Å². The van der Waals surface area contributed by atoms with Gasteiger partial charge in [0.05, 0.1) is 21.7 Å². The number of aromatic nitrogens is 1. The van der Waals surface area contributed by atoms with Gasteiger partial charge in [0.15, 0.2) is 0 Å². The SMILES string of the molecule is Cc1ccc(-c2cc(C(=O)O)c3cc(S(=O)(=O)N4CCCC4)ccc3n2)cc1. The topological polar surface area (TPSA) is 87.6 Å². The number of fused-ring (bicyclic) bond motifs is 1. The minimum Gasteiger partial charge on any atom is -0.478 e. The molecule has 3 aromatic rings. The number of rotatable bonds is 4. The fourth-order valence-corrected chi connectivity index (χ4v) is 5.04. The molecule has 1 aromatic heterocycles. The van der Waals surface area contributed by atoms with Crippen molar-refractivity contribution in [2.45, 2.75) is 24.7 Å². The van der Waals surface area contributed by atoms with E-state index in [1.54, 1.807) is 6.07 Å². The van der Waals surface area contributed by atoms with Crippen LogP contribution in [0.1, 0.15) is 28.8 Å². The largest absolute Gasteiger partial charge is 0.478 e. The molecule has 0 unspecified atom stereocenters. The first kappa shape index (κ1) is 18.6. The highest BCUT2D eigenvalue weighted by Crippen LogP contribution is 2.29. The quantitative estimate of drug-likeness (QED) is 0.727. The molecular formula is C21H20N2O4S. The summed E-state index contributed by atoms with van der Waals surface area (Å²) in [6, 6.07) is 13.7. The van der Waals surface area contributed by atoms with Crippen LogP contribution >= 0.6 is 0 Å². The number of carboxylic acids is 1. The van der Waals surface area contributed by atoms with Crippen LogP contribution in [0.25, 0.3) is 22.2 Å². The zero-order valence-corrected chi connectivity index (χ0v) is 16.2. The van der Waals surface area contributed by atoms with E-state index in [9.17, 15) is 18.3 Å². The van der Waals surface area contributed by atoms with Crippen LogP contribution in [0.2, 0.25) is 0 Å². The smallest absolute Gasteiger partial charge is 0.336 e. The molecule has 6 nitrogen and oxygen atoms in total. The van der Waals surface area contributed by atoms with Gasteiger partial charge in [-0.05, 0) is 44.0 Å². The molecule has 1 aliphatic heterocycles. The summed E-state index contributed by atoms with van der Waals surface area (Å²) in [5.41, 5.74) is 2.94. The Balaban J connectivity index is 1.87. The molecule has 0 saturated carbocycles. The highest BCUT2D eigenvalue weighted by Gasteiger charge is 2.28. The monoisotopic (exact) mass is 396 g/mol. The molecule has 0 spiro atoms. The van der Waals surface area contributed by atoms with E-state index in [4.69, 9.17) is 0 Å². The summed E-state index contributed by atoms with van der Waals surface area (Å²) in [7, 11) is -3.63. The van der Waals surface area contributed by atoms with Crippen LogP contribution in [-0.4, -0.2) is 41.9 Å². The lowest BCUT2D eigenvalue weighted by Gasteiger charge is -2.16. The first-order chi connectivity index (χ1) is 13.4. The molecule has 0 amide bonds. The van der Waals surface area contributed by atoms with E-state index in [0.29, 0.717) is 29.7 Å². The Kier molecular flexibility index (Phi) is 4.64. The van der Waals surface area contributed by atoms with Gasteiger partial charge in [-0.15, -0.1) is 0 Å². The maximum atomic E-state index is 12.8. The maximum absolute atomic E-state index is 12.8. The van der Waals surface area contributed by atoms with E-state index in [2.05, 4.69) is 4.98 Å². The molecular weight excluding hydrogens is 376 g/mol. The third-order valence-corrected chi connectivity index (χ3v) is 6.96. The van der Waals surface area contributed by atoms with Gasteiger partial charge in [-0.1, -0.05) is 29.8 Å². The highest BCUT2D eigenvalue weighted by molar-refractivity contribution is 7.89. The number of nitrogens with zero attached hydrogens (tertiary/aromatic N) is 2. The molecule has 1 N–H and O–H groups in total. The Hall–Kier alpha value is -2.77. The first-order valence-electron chi connectivity index (χ1n) is 9.11. The van der Waals surface area contributed by atoms with Crippen LogP contribution in [0.15, 0.2) is 53.4 Å². The molecule has 144 valence electrons. The van der Waals surface area contributed by atoms with Crippen molar-refractivity contribution in [2.24, 2.45) is 0 Å². The normalized spacial score (nSPS) is 15.2. The highest BCUT2D eigenvalue weighted by atomic mass is 32.2. The lowest BCUT2D eigenvalue weighted by atomic mass is 10.0. The van der Waals surface area contributed by atoms with Gasteiger partial charge in [-0.3, -0.25) is 0 Å². The number of sulfonamides is 1. The standard InChI is InChI=1S/C21H20N2O4S/c1-14-4-6-15(7-5-14)20-13-18(21(24)25)17-12-16(8-9-19(17)22-20)28(26,27)23-10-2-3-11-23/h4-9,12-13H,2-3,10-11H2,1H3,(H,24,25). The first-order valence-corrected chi connectivity index (χ1v) is 10.6. The molecule has 0 radical (unpaired) electrons. The van der Waals surface area contributed by atoms with E-state index in [1.165, 1.54) is 22.5 Å². The third-order valence-electron chi connectivity index (χ3n) is 5.06. The number of benzene rings is 2. The van der Waals surface area contributed by atoms with Gasteiger partial charge >= 0.3 is 5.97 Å². The maximum Gasteiger partial charge on any atom is 0.336 e. The molecule has 0 aliphatic carbocycles. The van der Waals surface area contributed by atoms with Gasteiger partial charge in [-0.25, -0.2) is 18.2 Å². The second kappa shape index (κ2) is 7.00. The van der Waals surface area contributed by atoms with E-state index >= 15 is 0 Å². The van der Waals surface area contributed by atoms with Crippen molar-refractivity contribution in [3.05, 3.63) is 59.7 Å². The number of carbonyl (C=O) groups is 1. The van der Waals surface area contributed by atoms with Gasteiger partial charge in [-0.2, -0.15) is 4.31 Å². The van der Waals surface area contributed by atoms with Gasteiger partial charge in [0, 0.05) is 24.0 Å². The number of hydrogen-bond acceptors (Lipinski definition) is 4. The molecule has 0 bridgehead atoms. The average molecular weight is 396 g/mol. The van der Waals surface area contributed by atoms with E-state index < -0.39 is 16.0 Å². The van der Waals surface area contributed by atoms with Crippen molar-refractivity contribution in [1.82, 2.24) is 9.29 Å².